The van der Waals surface area contributed by atoms with Crippen molar-refractivity contribution >= 4 is 5.91 Å². The quantitative estimate of drug-likeness (QED) is 0.863. The third-order valence-electron chi connectivity index (χ3n) is 5.56. The van der Waals surface area contributed by atoms with E-state index >= 15 is 0 Å². The lowest BCUT2D eigenvalue weighted by Crippen LogP contribution is -2.51. The van der Waals surface area contributed by atoms with E-state index in [2.05, 4.69) is 35.9 Å². The van der Waals surface area contributed by atoms with Gasteiger partial charge in [-0.25, -0.2) is 0 Å². The zero-order valence-corrected chi connectivity index (χ0v) is 13.8. The van der Waals surface area contributed by atoms with E-state index < -0.39 is 0 Å². The summed E-state index contributed by atoms with van der Waals surface area (Å²) in [6.45, 7) is 9.06. The Hall–Kier alpha value is -0.610. The van der Waals surface area contributed by atoms with Gasteiger partial charge in [0.25, 0.3) is 0 Å². The Bertz CT molecular complexity index is 384. The molecule has 0 aromatic rings. The SMILES string of the molecule is CCC1NC(CC(C)C)C(=O)N1C1CCN2CCCC2C1. The number of nitrogens with zero attached hydrogens (tertiary/aromatic N) is 2. The summed E-state index contributed by atoms with van der Waals surface area (Å²) in [6.07, 6.45) is 7.28. The number of carbonyl (C=O) groups is 1. The molecule has 4 heteroatoms. The Morgan fingerprint density at radius 2 is 2.05 bits per heavy atom. The number of hydrogen-bond donors (Lipinski definition) is 1. The normalized spacial score (nSPS) is 37.5. The molecule has 0 spiro atoms. The lowest BCUT2D eigenvalue weighted by atomic mass is 9.95. The molecule has 0 saturated carbocycles. The average molecular weight is 293 g/mol. The Kier molecular flexibility index (Phi) is 4.55. The van der Waals surface area contributed by atoms with Crippen LogP contribution in [0.3, 0.4) is 0 Å². The van der Waals surface area contributed by atoms with E-state index in [4.69, 9.17) is 0 Å². The van der Waals surface area contributed by atoms with E-state index in [9.17, 15) is 4.79 Å². The topological polar surface area (TPSA) is 35.6 Å². The molecule has 3 aliphatic rings. The minimum absolute atomic E-state index is 0.0524. The molecule has 3 aliphatic heterocycles. The van der Waals surface area contributed by atoms with Gasteiger partial charge >= 0.3 is 0 Å². The first-order chi connectivity index (χ1) is 10.1. The Morgan fingerprint density at radius 1 is 1.24 bits per heavy atom. The van der Waals surface area contributed by atoms with Crippen molar-refractivity contribution in [1.29, 1.82) is 0 Å². The zero-order chi connectivity index (χ0) is 15.0. The van der Waals surface area contributed by atoms with Crippen molar-refractivity contribution in [2.24, 2.45) is 5.92 Å². The number of carbonyl (C=O) groups excluding carboxylic acids is 1. The standard InChI is InChI=1S/C17H31N3O/c1-4-16-18-15(10-12(2)3)17(21)20(16)14-7-9-19-8-5-6-13(19)11-14/h12-16,18H,4-11H2,1-3H3. The Morgan fingerprint density at radius 3 is 2.76 bits per heavy atom. The van der Waals surface area contributed by atoms with Gasteiger partial charge in [-0.05, 0) is 51.0 Å². The molecule has 1 amide bonds. The summed E-state index contributed by atoms with van der Waals surface area (Å²) in [5.41, 5.74) is 0. The van der Waals surface area contributed by atoms with Crippen LogP contribution in [0, 0.1) is 5.92 Å². The maximum Gasteiger partial charge on any atom is 0.241 e. The maximum atomic E-state index is 12.9. The van der Waals surface area contributed by atoms with Gasteiger partial charge in [0.15, 0.2) is 0 Å². The number of rotatable bonds is 4. The van der Waals surface area contributed by atoms with Gasteiger partial charge in [-0.3, -0.25) is 10.1 Å². The van der Waals surface area contributed by atoms with E-state index in [0.29, 0.717) is 17.9 Å². The molecule has 3 saturated heterocycles. The molecule has 3 fully saturated rings. The van der Waals surface area contributed by atoms with E-state index in [-0.39, 0.29) is 12.2 Å². The smallest absolute Gasteiger partial charge is 0.241 e. The molecule has 120 valence electrons. The monoisotopic (exact) mass is 293 g/mol. The number of piperidine rings is 1. The highest BCUT2D eigenvalue weighted by atomic mass is 16.2. The van der Waals surface area contributed by atoms with Crippen molar-refractivity contribution < 1.29 is 4.79 Å². The Balaban J connectivity index is 1.69. The van der Waals surface area contributed by atoms with E-state index in [1.54, 1.807) is 0 Å². The summed E-state index contributed by atoms with van der Waals surface area (Å²) in [6, 6.07) is 1.25. The molecule has 0 aliphatic carbocycles. The summed E-state index contributed by atoms with van der Waals surface area (Å²) < 4.78 is 0. The molecule has 0 aromatic heterocycles. The highest BCUT2D eigenvalue weighted by Crippen LogP contribution is 2.32. The van der Waals surface area contributed by atoms with Gasteiger partial charge in [-0.1, -0.05) is 20.8 Å². The summed E-state index contributed by atoms with van der Waals surface area (Å²) in [7, 11) is 0. The van der Waals surface area contributed by atoms with Gasteiger partial charge in [0, 0.05) is 18.6 Å². The highest BCUT2D eigenvalue weighted by molar-refractivity contribution is 5.84. The molecule has 0 bridgehead atoms. The number of nitrogens with one attached hydrogen (secondary N) is 1. The fourth-order valence-corrected chi connectivity index (χ4v) is 4.56. The van der Waals surface area contributed by atoms with E-state index in [1.165, 1.54) is 32.4 Å². The first kappa shape index (κ1) is 15.3. The second-order valence-corrected chi connectivity index (χ2v) is 7.53. The summed E-state index contributed by atoms with van der Waals surface area (Å²) >= 11 is 0. The minimum atomic E-state index is 0.0524. The number of fused-ring (bicyclic) bond motifs is 1. The van der Waals surface area contributed by atoms with Crippen LogP contribution in [-0.2, 0) is 4.79 Å². The molecule has 4 unspecified atom stereocenters. The molecule has 0 aromatic carbocycles. The molecule has 4 atom stereocenters. The van der Waals surface area contributed by atoms with Gasteiger partial charge < -0.3 is 9.80 Å². The van der Waals surface area contributed by atoms with Crippen molar-refractivity contribution in [2.75, 3.05) is 13.1 Å². The van der Waals surface area contributed by atoms with Crippen LogP contribution in [-0.4, -0.2) is 53.1 Å². The fraction of sp³-hybridized carbons (Fsp3) is 0.941. The third kappa shape index (κ3) is 2.98. The lowest BCUT2D eigenvalue weighted by molar-refractivity contribution is -0.133. The van der Waals surface area contributed by atoms with Crippen LogP contribution < -0.4 is 5.32 Å². The van der Waals surface area contributed by atoms with Crippen molar-refractivity contribution in [3.63, 3.8) is 0 Å². The molecule has 4 nitrogen and oxygen atoms in total. The number of amides is 1. The van der Waals surface area contributed by atoms with Crippen LogP contribution in [0.2, 0.25) is 0 Å². The summed E-state index contributed by atoms with van der Waals surface area (Å²) in [4.78, 5) is 17.7. The maximum absolute atomic E-state index is 12.9. The van der Waals surface area contributed by atoms with Crippen LogP contribution in [0.5, 0.6) is 0 Å². The van der Waals surface area contributed by atoms with Crippen molar-refractivity contribution in [2.45, 2.75) is 83.6 Å². The first-order valence-corrected chi connectivity index (χ1v) is 8.92. The van der Waals surface area contributed by atoms with E-state index in [1.807, 2.05) is 0 Å². The Labute approximate surface area is 129 Å². The molecule has 1 N–H and O–H groups in total. The van der Waals surface area contributed by atoms with Gasteiger partial charge in [-0.2, -0.15) is 0 Å². The minimum Gasteiger partial charge on any atom is -0.323 e. The third-order valence-corrected chi connectivity index (χ3v) is 5.56. The predicted molar refractivity (Wildman–Crippen MR) is 84.9 cm³/mol. The molecule has 3 rings (SSSR count). The molecule has 3 heterocycles. The molecular formula is C17H31N3O. The largest absolute Gasteiger partial charge is 0.323 e. The zero-order valence-electron chi connectivity index (χ0n) is 13.8. The van der Waals surface area contributed by atoms with Gasteiger partial charge in [0.2, 0.25) is 5.91 Å². The lowest BCUT2D eigenvalue weighted by Gasteiger charge is -2.41. The van der Waals surface area contributed by atoms with Crippen LogP contribution in [0.4, 0.5) is 0 Å². The highest BCUT2D eigenvalue weighted by Gasteiger charge is 2.44. The summed E-state index contributed by atoms with van der Waals surface area (Å²) in [5.74, 6) is 0.938. The molecule has 0 radical (unpaired) electrons. The second kappa shape index (κ2) is 6.25. The van der Waals surface area contributed by atoms with E-state index in [0.717, 1.165) is 25.3 Å². The summed E-state index contributed by atoms with van der Waals surface area (Å²) in [5, 5.41) is 3.59. The van der Waals surface area contributed by atoms with Gasteiger partial charge in [-0.15, -0.1) is 0 Å². The fourth-order valence-electron chi connectivity index (χ4n) is 4.56. The number of hydrogen-bond acceptors (Lipinski definition) is 3. The van der Waals surface area contributed by atoms with Crippen molar-refractivity contribution in [1.82, 2.24) is 15.1 Å². The van der Waals surface area contributed by atoms with Crippen LogP contribution in [0.15, 0.2) is 0 Å². The second-order valence-electron chi connectivity index (χ2n) is 7.53. The average Bonchev–Trinajstić information content (AvgIpc) is 3.02. The first-order valence-electron chi connectivity index (χ1n) is 8.92. The van der Waals surface area contributed by atoms with Crippen LogP contribution >= 0.6 is 0 Å². The van der Waals surface area contributed by atoms with Gasteiger partial charge in [0.1, 0.15) is 0 Å². The van der Waals surface area contributed by atoms with Crippen LogP contribution in [0.1, 0.15) is 59.3 Å². The van der Waals surface area contributed by atoms with Crippen LogP contribution in [0.25, 0.3) is 0 Å². The predicted octanol–water partition coefficient (Wildman–Crippen LogP) is 2.20. The molecular weight excluding hydrogens is 262 g/mol. The van der Waals surface area contributed by atoms with Crippen molar-refractivity contribution in [3.05, 3.63) is 0 Å². The van der Waals surface area contributed by atoms with Crippen molar-refractivity contribution in [3.8, 4) is 0 Å². The molecule has 21 heavy (non-hydrogen) atoms. The van der Waals surface area contributed by atoms with Gasteiger partial charge in [0.05, 0.1) is 12.2 Å².